The van der Waals surface area contributed by atoms with Crippen molar-refractivity contribution in [3.05, 3.63) is 17.3 Å². The molecule has 0 aliphatic rings. The Hall–Kier alpha value is -1.32. The van der Waals surface area contributed by atoms with E-state index in [1.54, 1.807) is 13.8 Å². The van der Waals surface area contributed by atoms with Crippen LogP contribution in [0.2, 0.25) is 0 Å². The Bertz CT molecular complexity index is 347. The number of hydrogen-bond acceptors (Lipinski definition) is 4. The molecule has 78 valence electrons. The highest BCUT2D eigenvalue weighted by Crippen LogP contribution is 2.15. The van der Waals surface area contributed by atoms with Gasteiger partial charge in [0.05, 0.1) is 5.69 Å². The molecule has 0 aromatic carbocycles. The number of esters is 1. The summed E-state index contributed by atoms with van der Waals surface area (Å²) in [7, 11) is 0. The molecule has 0 fully saturated rings. The molecule has 0 saturated carbocycles. The van der Waals surface area contributed by atoms with Gasteiger partial charge in [-0.05, 0) is 27.7 Å². The molecule has 14 heavy (non-hydrogen) atoms. The number of rotatable bonds is 1. The lowest BCUT2D eigenvalue weighted by Gasteiger charge is -2.18. The van der Waals surface area contributed by atoms with E-state index in [-0.39, 0.29) is 5.76 Å². The standard InChI is InChI=1S/C10H15NO3/c1-6-8(13-7(2)11-6)9(12)14-10(3,4)5/h1-5H3. The van der Waals surface area contributed by atoms with E-state index in [1.807, 2.05) is 20.8 Å². The van der Waals surface area contributed by atoms with Crippen molar-refractivity contribution in [3.8, 4) is 0 Å². The summed E-state index contributed by atoms with van der Waals surface area (Å²) in [6.45, 7) is 8.84. The fourth-order valence-corrected chi connectivity index (χ4v) is 1.05. The lowest BCUT2D eigenvalue weighted by atomic mass is 10.2. The SMILES string of the molecule is Cc1nc(C)c(C(=O)OC(C)(C)C)o1. The predicted molar refractivity (Wildman–Crippen MR) is 51.1 cm³/mol. The minimum Gasteiger partial charge on any atom is -0.454 e. The third-order valence-electron chi connectivity index (χ3n) is 1.49. The molecule has 1 heterocycles. The van der Waals surface area contributed by atoms with E-state index in [0.29, 0.717) is 11.6 Å². The van der Waals surface area contributed by atoms with E-state index in [9.17, 15) is 4.79 Å². The average molecular weight is 197 g/mol. The number of ether oxygens (including phenoxy) is 1. The maximum absolute atomic E-state index is 11.5. The zero-order valence-electron chi connectivity index (χ0n) is 9.17. The first-order chi connectivity index (χ1) is 6.29. The number of nitrogens with zero attached hydrogens (tertiary/aromatic N) is 1. The van der Waals surface area contributed by atoms with E-state index >= 15 is 0 Å². The highest BCUT2D eigenvalue weighted by molar-refractivity contribution is 5.87. The first-order valence-corrected chi connectivity index (χ1v) is 4.47. The molecule has 1 rings (SSSR count). The van der Waals surface area contributed by atoms with Gasteiger partial charge < -0.3 is 9.15 Å². The van der Waals surface area contributed by atoms with Gasteiger partial charge in [-0.15, -0.1) is 0 Å². The van der Waals surface area contributed by atoms with Crippen LogP contribution < -0.4 is 0 Å². The fourth-order valence-electron chi connectivity index (χ4n) is 1.05. The molecule has 0 atom stereocenters. The van der Waals surface area contributed by atoms with Gasteiger partial charge in [0.25, 0.3) is 0 Å². The van der Waals surface area contributed by atoms with E-state index in [1.165, 1.54) is 0 Å². The summed E-state index contributed by atoms with van der Waals surface area (Å²) in [4.78, 5) is 15.5. The van der Waals surface area contributed by atoms with E-state index in [2.05, 4.69) is 4.98 Å². The van der Waals surface area contributed by atoms with Crippen LogP contribution in [0.25, 0.3) is 0 Å². The largest absolute Gasteiger partial charge is 0.454 e. The van der Waals surface area contributed by atoms with E-state index in [4.69, 9.17) is 9.15 Å². The van der Waals surface area contributed by atoms with Crippen LogP contribution in [0.3, 0.4) is 0 Å². The van der Waals surface area contributed by atoms with Crippen LogP contribution in [0.1, 0.15) is 42.9 Å². The number of aromatic nitrogens is 1. The smallest absolute Gasteiger partial charge is 0.376 e. The molecule has 0 N–H and O–H groups in total. The quantitative estimate of drug-likeness (QED) is 0.648. The summed E-state index contributed by atoms with van der Waals surface area (Å²) >= 11 is 0. The predicted octanol–water partition coefficient (Wildman–Crippen LogP) is 2.25. The van der Waals surface area contributed by atoms with Crippen molar-refractivity contribution in [2.45, 2.75) is 40.2 Å². The molecule has 0 aliphatic carbocycles. The third-order valence-corrected chi connectivity index (χ3v) is 1.49. The fraction of sp³-hybridized carbons (Fsp3) is 0.600. The van der Waals surface area contributed by atoms with Gasteiger partial charge in [0.15, 0.2) is 5.89 Å². The minimum atomic E-state index is -0.510. The van der Waals surface area contributed by atoms with Crippen molar-refractivity contribution in [2.24, 2.45) is 0 Å². The maximum Gasteiger partial charge on any atom is 0.376 e. The molecular formula is C10H15NO3. The van der Waals surface area contributed by atoms with Crippen molar-refractivity contribution in [1.82, 2.24) is 4.98 Å². The normalized spacial score (nSPS) is 11.5. The summed E-state index contributed by atoms with van der Waals surface area (Å²) < 4.78 is 10.3. The van der Waals surface area contributed by atoms with Crippen molar-refractivity contribution in [2.75, 3.05) is 0 Å². The van der Waals surface area contributed by atoms with Crippen LogP contribution in [-0.2, 0) is 4.74 Å². The molecule has 0 radical (unpaired) electrons. The molecule has 0 aliphatic heterocycles. The van der Waals surface area contributed by atoms with Crippen molar-refractivity contribution in [3.63, 3.8) is 0 Å². The lowest BCUT2D eigenvalue weighted by molar-refractivity contribution is 0.00338. The highest BCUT2D eigenvalue weighted by atomic mass is 16.6. The number of oxazole rings is 1. The Morgan fingerprint density at radius 2 is 1.93 bits per heavy atom. The Kier molecular flexibility index (Phi) is 2.64. The zero-order chi connectivity index (χ0) is 10.9. The van der Waals surface area contributed by atoms with Gasteiger partial charge in [-0.2, -0.15) is 0 Å². The van der Waals surface area contributed by atoms with Gasteiger partial charge in [-0.3, -0.25) is 0 Å². The van der Waals surface area contributed by atoms with Crippen LogP contribution in [0.15, 0.2) is 4.42 Å². The topological polar surface area (TPSA) is 52.3 Å². The molecule has 4 heteroatoms. The van der Waals surface area contributed by atoms with Crippen molar-refractivity contribution in [1.29, 1.82) is 0 Å². The van der Waals surface area contributed by atoms with Crippen LogP contribution >= 0.6 is 0 Å². The molecule has 0 unspecified atom stereocenters. The monoisotopic (exact) mass is 197 g/mol. The number of carbonyl (C=O) groups excluding carboxylic acids is 1. The Labute approximate surface area is 83.3 Å². The molecule has 0 bridgehead atoms. The minimum absolute atomic E-state index is 0.192. The van der Waals surface area contributed by atoms with E-state index in [0.717, 1.165) is 0 Å². The van der Waals surface area contributed by atoms with Gasteiger partial charge in [0, 0.05) is 6.92 Å². The van der Waals surface area contributed by atoms with Crippen molar-refractivity contribution >= 4 is 5.97 Å². The van der Waals surface area contributed by atoms with E-state index < -0.39 is 11.6 Å². The second-order valence-corrected chi connectivity index (χ2v) is 4.15. The Morgan fingerprint density at radius 1 is 1.36 bits per heavy atom. The van der Waals surface area contributed by atoms with Crippen LogP contribution in [-0.4, -0.2) is 16.6 Å². The first-order valence-electron chi connectivity index (χ1n) is 4.47. The van der Waals surface area contributed by atoms with Crippen molar-refractivity contribution < 1.29 is 13.9 Å². The van der Waals surface area contributed by atoms with Crippen LogP contribution in [0.4, 0.5) is 0 Å². The van der Waals surface area contributed by atoms with Gasteiger partial charge in [0.2, 0.25) is 5.76 Å². The Balaban J connectivity index is 2.85. The maximum atomic E-state index is 11.5. The van der Waals surface area contributed by atoms with Gasteiger partial charge in [-0.1, -0.05) is 0 Å². The second kappa shape index (κ2) is 3.44. The first kappa shape index (κ1) is 10.8. The van der Waals surface area contributed by atoms with Gasteiger partial charge >= 0.3 is 5.97 Å². The summed E-state index contributed by atoms with van der Waals surface area (Å²) in [6, 6.07) is 0. The molecule has 0 saturated heterocycles. The molecule has 0 spiro atoms. The Morgan fingerprint density at radius 3 is 2.29 bits per heavy atom. The average Bonchev–Trinajstić information content (AvgIpc) is 2.26. The molecule has 1 aromatic rings. The molecular weight excluding hydrogens is 182 g/mol. The van der Waals surface area contributed by atoms with Crippen LogP contribution in [0.5, 0.6) is 0 Å². The third kappa shape index (κ3) is 2.58. The molecule has 1 aromatic heterocycles. The second-order valence-electron chi connectivity index (χ2n) is 4.15. The lowest BCUT2D eigenvalue weighted by Crippen LogP contribution is -2.24. The number of aryl methyl sites for hydroxylation is 2. The zero-order valence-corrected chi connectivity index (χ0v) is 9.17. The summed E-state index contributed by atoms with van der Waals surface area (Å²) in [5.74, 6) is 0.205. The molecule has 0 amide bonds. The number of hydrogen-bond donors (Lipinski definition) is 0. The van der Waals surface area contributed by atoms with Gasteiger partial charge in [-0.25, -0.2) is 9.78 Å². The molecule has 4 nitrogen and oxygen atoms in total. The summed E-state index contributed by atoms with van der Waals surface area (Å²) in [5, 5.41) is 0. The highest BCUT2D eigenvalue weighted by Gasteiger charge is 2.23. The summed E-state index contributed by atoms with van der Waals surface area (Å²) in [6.07, 6.45) is 0. The number of carbonyl (C=O) groups is 1. The summed E-state index contributed by atoms with van der Waals surface area (Å²) in [5.41, 5.74) is 0.0567. The van der Waals surface area contributed by atoms with Gasteiger partial charge in [0.1, 0.15) is 5.60 Å². The van der Waals surface area contributed by atoms with Crippen LogP contribution in [0, 0.1) is 13.8 Å².